The van der Waals surface area contributed by atoms with E-state index < -0.39 is 38.5 Å². The van der Waals surface area contributed by atoms with E-state index in [9.17, 15) is 26.7 Å². The van der Waals surface area contributed by atoms with Gasteiger partial charge in [-0.3, -0.25) is 0 Å². The van der Waals surface area contributed by atoms with Crippen molar-refractivity contribution >= 4 is 33.0 Å². The topological polar surface area (TPSA) is 63.6 Å². The highest BCUT2D eigenvalue weighted by Crippen LogP contribution is 2.37. The van der Waals surface area contributed by atoms with Crippen LogP contribution in [0.4, 0.5) is 13.2 Å². The van der Waals surface area contributed by atoms with Gasteiger partial charge in [-0.25, -0.2) is 12.8 Å². The lowest BCUT2D eigenvalue weighted by atomic mass is 10.2. The zero-order valence-electron chi connectivity index (χ0n) is 11.6. The second kappa shape index (κ2) is 7.18. The lowest BCUT2D eigenvalue weighted by Crippen LogP contribution is -2.14. The molecule has 24 heavy (non-hydrogen) atoms. The molecule has 2 aromatic rings. The van der Waals surface area contributed by atoms with Crippen LogP contribution in [0.25, 0.3) is 0 Å². The van der Waals surface area contributed by atoms with Crippen LogP contribution >= 0.6 is 23.2 Å². The van der Waals surface area contributed by atoms with Crippen LogP contribution in [0.2, 0.25) is 10.0 Å². The van der Waals surface area contributed by atoms with Crippen molar-refractivity contribution < 1.29 is 31.4 Å². The Hall–Kier alpha value is -1.48. The van der Waals surface area contributed by atoms with Crippen molar-refractivity contribution in [3.63, 3.8) is 0 Å². The van der Waals surface area contributed by atoms with Crippen molar-refractivity contribution in [1.82, 2.24) is 0 Å². The van der Waals surface area contributed by atoms with Crippen LogP contribution in [0.15, 0.2) is 35.2 Å². The molecule has 0 unspecified atom stereocenters. The molecule has 0 saturated carbocycles. The van der Waals surface area contributed by atoms with E-state index in [1.807, 2.05) is 0 Å². The minimum atomic E-state index is -4.96. The van der Waals surface area contributed by atoms with Gasteiger partial charge in [-0.1, -0.05) is 23.2 Å². The van der Waals surface area contributed by atoms with Gasteiger partial charge in [-0.2, -0.15) is 8.78 Å². The maximum absolute atomic E-state index is 13.3. The number of hydrogen-bond donors (Lipinski definition) is 1. The highest BCUT2D eigenvalue weighted by atomic mass is 35.5. The van der Waals surface area contributed by atoms with Crippen LogP contribution in [-0.4, -0.2) is 19.3 Å². The fourth-order valence-corrected chi connectivity index (χ4v) is 3.38. The summed E-state index contributed by atoms with van der Waals surface area (Å²) in [6.07, 6.45) is 0. The summed E-state index contributed by atoms with van der Waals surface area (Å²) in [4.78, 5) is -0.811. The van der Waals surface area contributed by atoms with Crippen LogP contribution in [0, 0.1) is 5.82 Å². The Morgan fingerprint density at radius 3 is 2.38 bits per heavy atom. The summed E-state index contributed by atoms with van der Waals surface area (Å²) >= 11 is 11.6. The third kappa shape index (κ3) is 3.77. The van der Waals surface area contributed by atoms with Crippen LogP contribution < -0.4 is 4.74 Å². The summed E-state index contributed by atoms with van der Waals surface area (Å²) in [6, 6.07) is 5.15. The van der Waals surface area contributed by atoms with E-state index in [0.717, 1.165) is 24.3 Å². The highest BCUT2D eigenvalue weighted by molar-refractivity contribution is 7.91. The molecule has 0 spiro atoms. The molecular weight excluding hydrogens is 392 g/mol. The molecule has 0 aliphatic heterocycles. The maximum atomic E-state index is 13.3. The number of benzene rings is 2. The molecule has 0 aromatic heterocycles. The Labute approximate surface area is 145 Å². The van der Waals surface area contributed by atoms with Crippen LogP contribution in [0.3, 0.4) is 0 Å². The normalized spacial score (nSPS) is 11.8. The first-order valence-electron chi connectivity index (χ1n) is 6.25. The predicted octanol–water partition coefficient (Wildman–Crippen LogP) is 4.41. The molecule has 0 fully saturated rings. The molecule has 0 amide bonds. The number of alkyl halides is 2. The largest absolute Gasteiger partial charge is 0.456 e. The second-order valence-electron chi connectivity index (χ2n) is 4.53. The Balaban J connectivity index is 2.51. The number of aliphatic hydroxyl groups excluding tert-OH is 1. The molecule has 0 atom stereocenters. The number of hydrogen-bond acceptors (Lipinski definition) is 4. The lowest BCUT2D eigenvalue weighted by Gasteiger charge is -2.14. The first-order chi connectivity index (χ1) is 11.2. The van der Waals surface area contributed by atoms with E-state index in [-0.39, 0.29) is 21.5 Å². The number of halogens is 5. The van der Waals surface area contributed by atoms with Gasteiger partial charge in [-0.15, -0.1) is 0 Å². The van der Waals surface area contributed by atoms with Crippen LogP contribution in [0.5, 0.6) is 11.5 Å². The minimum Gasteiger partial charge on any atom is -0.456 e. The number of rotatable bonds is 5. The summed E-state index contributed by atoms with van der Waals surface area (Å²) < 4.78 is 67.1. The quantitative estimate of drug-likeness (QED) is 0.806. The van der Waals surface area contributed by atoms with Gasteiger partial charge in [0.2, 0.25) is 9.84 Å². The third-order valence-corrected chi connectivity index (χ3v) is 5.03. The van der Waals surface area contributed by atoms with E-state index in [2.05, 4.69) is 0 Å². The molecule has 0 radical (unpaired) electrons. The third-order valence-electron chi connectivity index (χ3n) is 2.93. The standard InChI is InChI=1S/C14H9Cl2F3O4S/c15-7-3-8(17)5-9(4-7)23-11-1-2-12(10(6-20)13(11)16)24(21,22)14(18)19/h1-5,14,20H,6H2. The molecule has 10 heteroatoms. The Kier molecular flexibility index (Phi) is 5.64. The lowest BCUT2D eigenvalue weighted by molar-refractivity contribution is 0.233. The van der Waals surface area contributed by atoms with E-state index in [1.54, 1.807) is 0 Å². The molecule has 1 N–H and O–H groups in total. The number of ether oxygens (including phenoxy) is 1. The molecule has 2 aromatic carbocycles. The van der Waals surface area contributed by atoms with E-state index in [4.69, 9.17) is 27.9 Å². The molecule has 0 saturated heterocycles. The van der Waals surface area contributed by atoms with E-state index in [1.165, 1.54) is 6.07 Å². The van der Waals surface area contributed by atoms with E-state index >= 15 is 0 Å². The van der Waals surface area contributed by atoms with Gasteiger partial charge in [0.15, 0.2) is 0 Å². The Morgan fingerprint density at radius 1 is 1.17 bits per heavy atom. The zero-order valence-corrected chi connectivity index (χ0v) is 14.0. The van der Waals surface area contributed by atoms with Gasteiger partial charge >= 0.3 is 5.76 Å². The molecule has 4 nitrogen and oxygen atoms in total. The van der Waals surface area contributed by atoms with Crippen LogP contribution in [-0.2, 0) is 16.4 Å². The number of aliphatic hydroxyl groups is 1. The van der Waals surface area contributed by atoms with Crippen LogP contribution in [0.1, 0.15) is 5.56 Å². The summed E-state index contributed by atoms with van der Waals surface area (Å²) in [5.41, 5.74) is -0.447. The smallest absolute Gasteiger partial charge is 0.341 e. The average Bonchev–Trinajstić information content (AvgIpc) is 2.47. The molecule has 0 aliphatic carbocycles. The van der Waals surface area contributed by atoms with Crippen molar-refractivity contribution in [2.45, 2.75) is 17.3 Å². The van der Waals surface area contributed by atoms with Crippen molar-refractivity contribution in [3.8, 4) is 11.5 Å². The summed E-state index contributed by atoms with van der Waals surface area (Å²) in [7, 11) is -4.96. The van der Waals surface area contributed by atoms with Gasteiger partial charge < -0.3 is 9.84 Å². The predicted molar refractivity (Wildman–Crippen MR) is 82.0 cm³/mol. The Morgan fingerprint density at radius 2 is 1.83 bits per heavy atom. The van der Waals surface area contributed by atoms with Gasteiger partial charge in [0.05, 0.1) is 16.5 Å². The summed E-state index contributed by atoms with van der Waals surface area (Å²) in [6.45, 7) is -0.915. The van der Waals surface area contributed by atoms with Crippen molar-refractivity contribution in [1.29, 1.82) is 0 Å². The molecule has 0 bridgehead atoms. The van der Waals surface area contributed by atoms with Gasteiger partial charge in [-0.05, 0) is 24.3 Å². The SMILES string of the molecule is O=S(=O)(c1ccc(Oc2cc(F)cc(Cl)c2)c(Cl)c1CO)C(F)F. The molecule has 130 valence electrons. The van der Waals surface area contributed by atoms with E-state index in [0.29, 0.717) is 0 Å². The van der Waals surface area contributed by atoms with Crippen molar-refractivity contribution in [2.24, 2.45) is 0 Å². The highest BCUT2D eigenvalue weighted by Gasteiger charge is 2.31. The van der Waals surface area contributed by atoms with Gasteiger partial charge in [0.1, 0.15) is 17.3 Å². The zero-order chi connectivity index (χ0) is 18.1. The van der Waals surface area contributed by atoms with Gasteiger partial charge in [0.25, 0.3) is 0 Å². The minimum absolute atomic E-state index is 0.0420. The molecule has 0 aliphatic rings. The Bertz CT molecular complexity index is 852. The first kappa shape index (κ1) is 18.9. The average molecular weight is 401 g/mol. The number of sulfone groups is 1. The monoisotopic (exact) mass is 400 g/mol. The second-order valence-corrected chi connectivity index (χ2v) is 7.23. The van der Waals surface area contributed by atoms with Crippen molar-refractivity contribution in [3.05, 3.63) is 51.8 Å². The molecule has 2 rings (SSSR count). The summed E-state index contributed by atoms with van der Waals surface area (Å²) in [5, 5.41) is 8.95. The first-order valence-corrected chi connectivity index (χ1v) is 8.55. The fraction of sp³-hybridized carbons (Fsp3) is 0.143. The summed E-state index contributed by atoms with van der Waals surface area (Å²) in [5.74, 6) is -4.56. The van der Waals surface area contributed by atoms with Gasteiger partial charge in [0, 0.05) is 16.7 Å². The van der Waals surface area contributed by atoms with Crippen molar-refractivity contribution in [2.75, 3.05) is 0 Å². The fourth-order valence-electron chi connectivity index (χ4n) is 1.89. The molecular formula is C14H9Cl2F3O4S. The maximum Gasteiger partial charge on any atom is 0.341 e. The molecule has 0 heterocycles.